The van der Waals surface area contributed by atoms with E-state index in [1.165, 1.54) is 10.4 Å². The van der Waals surface area contributed by atoms with Gasteiger partial charge in [-0.1, -0.05) is 50.6 Å². The second-order valence-corrected chi connectivity index (χ2v) is 14.0. The lowest BCUT2D eigenvalue weighted by Crippen LogP contribution is -2.38. The fourth-order valence-corrected chi connectivity index (χ4v) is 6.54. The number of carboxylic acid groups (broad SMARTS) is 1. The average molecular weight is 620 g/mol. The molecule has 3 N–H and O–H groups in total. The van der Waals surface area contributed by atoms with Crippen molar-refractivity contribution >= 4 is 33.5 Å². The fourth-order valence-electron chi connectivity index (χ4n) is 5.16. The predicted molar refractivity (Wildman–Crippen MR) is 167 cm³/mol. The number of carbonyl (C=O) groups excluding carboxylic acids is 1. The van der Waals surface area contributed by atoms with Gasteiger partial charge >= 0.3 is 12.0 Å². The first kappa shape index (κ1) is 31.0. The highest BCUT2D eigenvalue weighted by Gasteiger charge is 2.32. The molecule has 0 unspecified atom stereocenters. The van der Waals surface area contributed by atoms with Crippen LogP contribution in [0.2, 0.25) is 0 Å². The van der Waals surface area contributed by atoms with E-state index in [1.807, 2.05) is 61.5 Å². The van der Waals surface area contributed by atoms with Crippen molar-refractivity contribution in [2.24, 2.45) is 5.92 Å². The van der Waals surface area contributed by atoms with Gasteiger partial charge < -0.3 is 14.8 Å². The zero-order chi connectivity index (χ0) is 31.6. The molecule has 0 saturated carbocycles. The lowest BCUT2D eigenvalue weighted by atomic mass is 9.91. The number of rotatable bonds is 8. The first-order valence-corrected chi connectivity index (χ1v) is 15.9. The summed E-state index contributed by atoms with van der Waals surface area (Å²) in [4.78, 5) is 24.2. The lowest BCUT2D eigenvalue weighted by molar-refractivity contribution is 0.0656. The molecule has 44 heavy (non-hydrogen) atoms. The molecule has 0 atom stereocenters. The number of hydrogen-bond acceptors (Lipinski definition) is 6. The van der Waals surface area contributed by atoms with E-state index in [-0.39, 0.29) is 16.4 Å². The Balaban J connectivity index is 1.21. The predicted octanol–water partition coefficient (Wildman–Crippen LogP) is 6.06. The number of aryl methyl sites for hydroxylation is 1. The smallest absolute Gasteiger partial charge is 0.371 e. The molecule has 0 bridgehead atoms. The van der Waals surface area contributed by atoms with E-state index in [0.29, 0.717) is 37.4 Å². The van der Waals surface area contributed by atoms with Gasteiger partial charge in [0.05, 0.1) is 11.4 Å². The van der Waals surface area contributed by atoms with E-state index in [1.54, 1.807) is 4.68 Å². The molecule has 1 fully saturated rings. The summed E-state index contributed by atoms with van der Waals surface area (Å²) in [5.41, 5.74) is 4.29. The van der Waals surface area contributed by atoms with Crippen LogP contribution >= 0.6 is 0 Å². The molecule has 2 amide bonds. The first-order chi connectivity index (χ1) is 20.8. The van der Waals surface area contributed by atoms with Crippen LogP contribution in [-0.4, -0.2) is 52.7 Å². The van der Waals surface area contributed by atoms with Crippen molar-refractivity contribution in [3.05, 3.63) is 89.3 Å². The summed E-state index contributed by atoms with van der Waals surface area (Å²) in [6.07, 6.45) is 2.01. The highest BCUT2D eigenvalue weighted by atomic mass is 32.2. The maximum absolute atomic E-state index is 13.1. The van der Waals surface area contributed by atoms with Crippen LogP contribution in [-0.2, 0) is 21.9 Å². The molecule has 232 valence electrons. The Hall–Kier alpha value is -4.42. The van der Waals surface area contributed by atoms with Crippen LogP contribution in [0.1, 0.15) is 61.0 Å². The van der Waals surface area contributed by atoms with Crippen LogP contribution in [0.25, 0.3) is 5.69 Å². The number of furan rings is 1. The SMILES string of the molecule is Cc1ccc(-n2nc(C(C)(C)C)cc2NC(=O)Nc2cccc(CC3CCN(S(=O)(=O)c4ccc(C(=O)O)o4)CC3)c2)cc1. The lowest BCUT2D eigenvalue weighted by Gasteiger charge is -2.30. The van der Waals surface area contributed by atoms with Gasteiger partial charge in [-0.3, -0.25) is 5.32 Å². The molecule has 1 saturated heterocycles. The van der Waals surface area contributed by atoms with Gasteiger partial charge in [0, 0.05) is 30.3 Å². The standard InChI is InChI=1S/C32H37N5O6S/c1-21-8-10-25(11-9-21)37-28(20-27(35-37)32(2,3)4)34-31(40)33-24-7-5-6-23(19-24)18-22-14-16-36(17-15-22)44(41,42)29-13-12-26(43-29)30(38)39/h5-13,19-20,22H,14-18H2,1-4H3,(H,38,39)(H2,33,34,40). The van der Waals surface area contributed by atoms with Crippen LogP contribution in [0.5, 0.6) is 0 Å². The number of aromatic nitrogens is 2. The molecule has 1 aliphatic heterocycles. The van der Waals surface area contributed by atoms with Crippen molar-refractivity contribution < 1.29 is 27.5 Å². The van der Waals surface area contributed by atoms with E-state index in [4.69, 9.17) is 14.6 Å². The third kappa shape index (κ3) is 7.03. The third-order valence-electron chi connectivity index (χ3n) is 7.67. The van der Waals surface area contributed by atoms with Gasteiger partial charge in [0.2, 0.25) is 10.9 Å². The molecule has 2 aromatic carbocycles. The van der Waals surface area contributed by atoms with Crippen molar-refractivity contribution in [3.63, 3.8) is 0 Å². The van der Waals surface area contributed by atoms with E-state index in [9.17, 15) is 18.0 Å². The van der Waals surface area contributed by atoms with Gasteiger partial charge in [-0.2, -0.15) is 9.40 Å². The van der Waals surface area contributed by atoms with Gasteiger partial charge in [0.15, 0.2) is 0 Å². The van der Waals surface area contributed by atoms with Crippen LogP contribution in [0, 0.1) is 12.8 Å². The van der Waals surface area contributed by atoms with E-state index < -0.39 is 27.8 Å². The van der Waals surface area contributed by atoms with Crippen molar-refractivity contribution in [1.82, 2.24) is 14.1 Å². The molecule has 11 nitrogen and oxygen atoms in total. The Labute approximate surface area is 256 Å². The number of nitrogens with one attached hydrogen (secondary N) is 2. The van der Waals surface area contributed by atoms with Crippen molar-refractivity contribution in [2.45, 2.75) is 57.5 Å². The molecular weight excluding hydrogens is 582 g/mol. The topological polar surface area (TPSA) is 147 Å². The van der Waals surface area contributed by atoms with Crippen molar-refractivity contribution in [1.29, 1.82) is 0 Å². The molecule has 12 heteroatoms. The Morgan fingerprint density at radius 3 is 2.34 bits per heavy atom. The monoisotopic (exact) mass is 619 g/mol. The zero-order valence-corrected chi connectivity index (χ0v) is 26.0. The second-order valence-electron chi connectivity index (χ2n) is 12.2. The quantitative estimate of drug-likeness (QED) is 0.217. The van der Waals surface area contributed by atoms with Crippen LogP contribution in [0.4, 0.5) is 16.3 Å². The Bertz CT molecular complexity index is 1760. The fraction of sp³-hybridized carbons (Fsp3) is 0.344. The number of urea groups is 1. The molecule has 3 heterocycles. The summed E-state index contributed by atoms with van der Waals surface area (Å²) in [6.45, 7) is 8.85. The maximum Gasteiger partial charge on any atom is 0.371 e. The second kappa shape index (κ2) is 12.3. The number of benzene rings is 2. The summed E-state index contributed by atoms with van der Waals surface area (Å²) in [5, 5.41) is 19.3. The number of nitrogens with zero attached hydrogens (tertiary/aromatic N) is 3. The number of amides is 2. The van der Waals surface area contributed by atoms with Crippen LogP contribution in [0.3, 0.4) is 0 Å². The highest BCUT2D eigenvalue weighted by Crippen LogP contribution is 2.29. The number of carbonyl (C=O) groups is 2. The molecule has 0 spiro atoms. The van der Waals surface area contributed by atoms with Gasteiger partial charge in [-0.15, -0.1) is 0 Å². The van der Waals surface area contributed by atoms with Gasteiger partial charge in [0.25, 0.3) is 10.0 Å². The number of sulfonamides is 1. The van der Waals surface area contributed by atoms with E-state index in [0.717, 1.165) is 35.0 Å². The largest absolute Gasteiger partial charge is 0.475 e. The Morgan fingerprint density at radius 1 is 1.00 bits per heavy atom. The summed E-state index contributed by atoms with van der Waals surface area (Å²) in [5.74, 6) is -0.922. The molecule has 0 radical (unpaired) electrons. The number of carboxylic acids is 1. The summed E-state index contributed by atoms with van der Waals surface area (Å²) in [6, 6.07) is 19.4. The Morgan fingerprint density at radius 2 is 1.70 bits per heavy atom. The molecule has 4 aromatic rings. The number of piperidine rings is 1. The summed E-state index contributed by atoms with van der Waals surface area (Å²) in [7, 11) is -3.90. The van der Waals surface area contributed by atoms with Crippen LogP contribution < -0.4 is 10.6 Å². The normalized spacial score (nSPS) is 14.8. The molecule has 2 aromatic heterocycles. The first-order valence-electron chi connectivity index (χ1n) is 14.5. The summed E-state index contributed by atoms with van der Waals surface area (Å²) >= 11 is 0. The minimum Gasteiger partial charge on any atom is -0.475 e. The number of hydrogen-bond donors (Lipinski definition) is 3. The van der Waals surface area contributed by atoms with Gasteiger partial charge in [0.1, 0.15) is 5.82 Å². The number of aromatic carboxylic acids is 1. The van der Waals surface area contributed by atoms with Crippen molar-refractivity contribution in [2.75, 3.05) is 23.7 Å². The Kier molecular flexibility index (Phi) is 8.66. The van der Waals surface area contributed by atoms with Crippen molar-refractivity contribution in [3.8, 4) is 5.69 Å². The zero-order valence-electron chi connectivity index (χ0n) is 25.2. The van der Waals surface area contributed by atoms with E-state index >= 15 is 0 Å². The maximum atomic E-state index is 13.1. The number of anilines is 2. The minimum atomic E-state index is -3.90. The average Bonchev–Trinajstić information content (AvgIpc) is 3.63. The summed E-state index contributed by atoms with van der Waals surface area (Å²) < 4.78 is 34.0. The third-order valence-corrected chi connectivity index (χ3v) is 9.44. The molecule has 1 aliphatic rings. The van der Waals surface area contributed by atoms with Gasteiger partial charge in [-0.25, -0.2) is 22.7 Å². The highest BCUT2D eigenvalue weighted by molar-refractivity contribution is 7.89. The van der Waals surface area contributed by atoms with E-state index in [2.05, 4.69) is 31.4 Å². The van der Waals surface area contributed by atoms with Crippen LogP contribution in [0.15, 0.2) is 76.2 Å². The molecule has 5 rings (SSSR count). The molecule has 0 aliphatic carbocycles. The van der Waals surface area contributed by atoms with Gasteiger partial charge in [-0.05, 0) is 74.1 Å². The molecular formula is C32H37N5O6S. The minimum absolute atomic E-state index is 0.208.